The molecule has 0 spiro atoms. The first-order valence-corrected chi connectivity index (χ1v) is 6.96. The van der Waals surface area contributed by atoms with E-state index in [2.05, 4.69) is 15.9 Å². The van der Waals surface area contributed by atoms with Gasteiger partial charge in [0.15, 0.2) is 0 Å². The van der Waals surface area contributed by atoms with Gasteiger partial charge in [0.1, 0.15) is 10.6 Å². The van der Waals surface area contributed by atoms with Crippen molar-refractivity contribution in [3.63, 3.8) is 0 Å². The number of alkyl halides is 1. The van der Waals surface area contributed by atoms with E-state index in [9.17, 15) is 14.4 Å². The quantitative estimate of drug-likeness (QED) is 0.365. The van der Waals surface area contributed by atoms with Gasteiger partial charge in [-0.05, 0) is 30.7 Å². The lowest BCUT2D eigenvalue weighted by Gasteiger charge is -2.14. The lowest BCUT2D eigenvalue weighted by atomic mass is 10.2. The van der Waals surface area contributed by atoms with E-state index in [-0.39, 0.29) is 22.6 Å². The van der Waals surface area contributed by atoms with E-state index in [0.29, 0.717) is 17.9 Å². The minimum absolute atomic E-state index is 0.354. The second-order valence-electron chi connectivity index (χ2n) is 4.14. The van der Waals surface area contributed by atoms with E-state index in [0.717, 1.165) is 4.90 Å². The van der Waals surface area contributed by atoms with E-state index in [1.807, 2.05) is 6.92 Å². The van der Waals surface area contributed by atoms with E-state index < -0.39 is 0 Å². The SMILES string of the molecule is CCC(Br)C(=O)Oc1ccc(N2C(=O)C=CC2=O)cc1. The Morgan fingerprint density at radius 2 is 1.75 bits per heavy atom. The zero-order valence-corrected chi connectivity index (χ0v) is 12.3. The molecule has 1 atom stereocenters. The van der Waals surface area contributed by atoms with Crippen molar-refractivity contribution >= 4 is 39.4 Å². The van der Waals surface area contributed by atoms with Crippen LogP contribution in [0.15, 0.2) is 36.4 Å². The highest BCUT2D eigenvalue weighted by Gasteiger charge is 2.25. The van der Waals surface area contributed by atoms with Crippen molar-refractivity contribution in [2.24, 2.45) is 0 Å². The largest absolute Gasteiger partial charge is 0.426 e. The molecule has 0 saturated heterocycles. The predicted molar refractivity (Wildman–Crippen MR) is 76.7 cm³/mol. The number of rotatable bonds is 4. The molecule has 0 fully saturated rings. The molecule has 0 radical (unpaired) electrons. The molecular weight excluding hydrogens is 326 g/mol. The summed E-state index contributed by atoms with van der Waals surface area (Å²) in [4.78, 5) is 35.3. The molecule has 0 aliphatic carbocycles. The smallest absolute Gasteiger partial charge is 0.325 e. The van der Waals surface area contributed by atoms with Crippen molar-refractivity contribution in [2.45, 2.75) is 18.2 Å². The van der Waals surface area contributed by atoms with Crippen molar-refractivity contribution in [2.75, 3.05) is 4.90 Å². The molecule has 0 bridgehead atoms. The topological polar surface area (TPSA) is 63.7 Å². The molecule has 104 valence electrons. The highest BCUT2D eigenvalue weighted by molar-refractivity contribution is 9.10. The van der Waals surface area contributed by atoms with Crippen LogP contribution in [0.4, 0.5) is 5.69 Å². The average molecular weight is 338 g/mol. The highest BCUT2D eigenvalue weighted by atomic mass is 79.9. The number of carbonyl (C=O) groups excluding carboxylic acids is 3. The number of esters is 1. The van der Waals surface area contributed by atoms with Crippen LogP contribution in [0.5, 0.6) is 5.75 Å². The maximum Gasteiger partial charge on any atom is 0.325 e. The number of benzene rings is 1. The second-order valence-corrected chi connectivity index (χ2v) is 5.24. The summed E-state index contributed by atoms with van der Waals surface area (Å²) in [7, 11) is 0. The maximum absolute atomic E-state index is 11.6. The summed E-state index contributed by atoms with van der Waals surface area (Å²) in [6.45, 7) is 1.86. The van der Waals surface area contributed by atoms with Gasteiger partial charge in [0.25, 0.3) is 11.8 Å². The van der Waals surface area contributed by atoms with Gasteiger partial charge >= 0.3 is 5.97 Å². The van der Waals surface area contributed by atoms with Crippen molar-refractivity contribution in [3.05, 3.63) is 36.4 Å². The summed E-state index contributed by atoms with van der Waals surface area (Å²) in [5.41, 5.74) is 0.440. The zero-order valence-electron chi connectivity index (χ0n) is 10.7. The number of amides is 2. The molecule has 1 aromatic carbocycles. The van der Waals surface area contributed by atoms with Gasteiger partial charge in [-0.2, -0.15) is 0 Å². The summed E-state index contributed by atoms with van der Waals surface area (Å²) in [5.74, 6) is -0.781. The van der Waals surface area contributed by atoms with Crippen LogP contribution in [0.3, 0.4) is 0 Å². The molecule has 1 aliphatic rings. The fourth-order valence-electron chi connectivity index (χ4n) is 1.66. The van der Waals surface area contributed by atoms with E-state index in [1.165, 1.54) is 12.2 Å². The molecule has 6 heteroatoms. The van der Waals surface area contributed by atoms with Crippen LogP contribution in [0.25, 0.3) is 0 Å². The number of imide groups is 1. The molecular formula is C14H12BrNO4. The van der Waals surface area contributed by atoms with Gasteiger partial charge in [0, 0.05) is 12.2 Å². The van der Waals surface area contributed by atoms with Crippen LogP contribution in [-0.2, 0) is 14.4 Å². The van der Waals surface area contributed by atoms with Crippen molar-refractivity contribution < 1.29 is 19.1 Å². The molecule has 0 aromatic heterocycles. The molecule has 2 amide bonds. The zero-order chi connectivity index (χ0) is 14.7. The average Bonchev–Trinajstić information content (AvgIpc) is 2.78. The first-order valence-electron chi connectivity index (χ1n) is 6.05. The van der Waals surface area contributed by atoms with E-state index >= 15 is 0 Å². The Labute approximate surface area is 124 Å². The Balaban J connectivity index is 2.09. The van der Waals surface area contributed by atoms with Gasteiger partial charge in [-0.25, -0.2) is 4.90 Å². The number of hydrogen-bond acceptors (Lipinski definition) is 4. The van der Waals surface area contributed by atoms with Crippen molar-refractivity contribution in [3.8, 4) is 5.75 Å². The fraction of sp³-hybridized carbons (Fsp3) is 0.214. The third-order valence-electron chi connectivity index (χ3n) is 2.74. The molecule has 0 N–H and O–H groups in total. The second kappa shape index (κ2) is 6.00. The van der Waals surface area contributed by atoms with Crippen LogP contribution in [0.1, 0.15) is 13.3 Å². The molecule has 1 heterocycles. The minimum Gasteiger partial charge on any atom is -0.426 e. The number of anilines is 1. The van der Waals surface area contributed by atoms with Gasteiger partial charge < -0.3 is 4.74 Å². The standard InChI is InChI=1S/C14H12BrNO4/c1-2-11(15)14(19)20-10-5-3-9(4-6-10)16-12(17)7-8-13(16)18/h3-8,11H,2H2,1H3. The Bertz CT molecular complexity index is 561. The number of ether oxygens (including phenoxy) is 1. The fourth-order valence-corrected chi connectivity index (χ4v) is 1.76. The van der Waals surface area contributed by atoms with Crippen LogP contribution in [0, 0.1) is 0 Å². The third-order valence-corrected chi connectivity index (χ3v) is 3.76. The lowest BCUT2D eigenvalue weighted by Crippen LogP contribution is -2.29. The van der Waals surface area contributed by atoms with Gasteiger partial charge in [-0.3, -0.25) is 14.4 Å². The van der Waals surface area contributed by atoms with Crippen LogP contribution >= 0.6 is 15.9 Å². The highest BCUT2D eigenvalue weighted by Crippen LogP contribution is 2.23. The van der Waals surface area contributed by atoms with E-state index in [1.54, 1.807) is 24.3 Å². The summed E-state index contributed by atoms with van der Waals surface area (Å²) < 4.78 is 5.15. The molecule has 1 aromatic rings. The minimum atomic E-state index is -0.383. The molecule has 1 unspecified atom stereocenters. The lowest BCUT2D eigenvalue weighted by molar-refractivity contribution is -0.133. The Kier molecular flexibility index (Phi) is 4.34. The Morgan fingerprint density at radius 3 is 2.25 bits per heavy atom. The predicted octanol–water partition coefficient (Wildman–Crippen LogP) is 2.19. The third kappa shape index (κ3) is 2.96. The van der Waals surface area contributed by atoms with Crippen LogP contribution < -0.4 is 9.64 Å². The molecule has 5 nitrogen and oxygen atoms in total. The normalized spacial score (nSPS) is 15.6. The first kappa shape index (κ1) is 14.5. The molecule has 2 rings (SSSR count). The first-order chi connectivity index (χ1) is 9.52. The van der Waals surface area contributed by atoms with E-state index in [4.69, 9.17) is 4.74 Å². The molecule has 0 saturated carbocycles. The van der Waals surface area contributed by atoms with Crippen molar-refractivity contribution in [1.82, 2.24) is 0 Å². The summed E-state index contributed by atoms with van der Waals surface area (Å²) in [6, 6.07) is 6.20. The summed E-state index contributed by atoms with van der Waals surface area (Å²) in [6.07, 6.45) is 3.05. The molecule has 20 heavy (non-hydrogen) atoms. The number of hydrogen-bond donors (Lipinski definition) is 0. The molecule has 1 aliphatic heterocycles. The summed E-state index contributed by atoms with van der Waals surface area (Å²) >= 11 is 3.20. The Morgan fingerprint density at radius 1 is 1.20 bits per heavy atom. The van der Waals surface area contributed by atoms with Gasteiger partial charge in [0.2, 0.25) is 0 Å². The maximum atomic E-state index is 11.6. The number of halogens is 1. The van der Waals surface area contributed by atoms with Crippen LogP contribution in [0.2, 0.25) is 0 Å². The van der Waals surface area contributed by atoms with Crippen LogP contribution in [-0.4, -0.2) is 22.6 Å². The van der Waals surface area contributed by atoms with Gasteiger partial charge in [-0.1, -0.05) is 22.9 Å². The van der Waals surface area contributed by atoms with Gasteiger partial charge in [0.05, 0.1) is 5.69 Å². The van der Waals surface area contributed by atoms with Gasteiger partial charge in [-0.15, -0.1) is 0 Å². The number of carbonyl (C=O) groups is 3. The monoisotopic (exact) mass is 337 g/mol. The van der Waals surface area contributed by atoms with Crippen molar-refractivity contribution in [1.29, 1.82) is 0 Å². The number of nitrogens with zero attached hydrogens (tertiary/aromatic N) is 1. The Hall–Kier alpha value is -1.95. The summed E-state index contributed by atoms with van der Waals surface area (Å²) in [5, 5.41) is 0.